The number of hydrogen-bond acceptors (Lipinski definition) is 2. The van der Waals surface area contributed by atoms with Gasteiger partial charge in [-0.15, -0.1) is 0 Å². The zero-order valence-electron chi connectivity index (χ0n) is 10.4. The molecule has 0 N–H and O–H groups in total. The fourth-order valence-electron chi connectivity index (χ4n) is 1.92. The van der Waals surface area contributed by atoms with Crippen LogP contribution in [0.15, 0.2) is 35.0 Å². The monoisotopic (exact) mass is 245 g/mol. The Labute approximate surface area is 108 Å². The van der Waals surface area contributed by atoms with Gasteiger partial charge in [-0.05, 0) is 36.4 Å². The first kappa shape index (κ1) is 12.3. The van der Waals surface area contributed by atoms with Crippen LogP contribution in [0.3, 0.4) is 0 Å². The normalized spacial score (nSPS) is 10.6. The lowest BCUT2D eigenvalue weighted by atomic mass is 10.1. The van der Waals surface area contributed by atoms with Crippen molar-refractivity contribution in [3.8, 4) is 11.3 Å². The molecule has 0 fully saturated rings. The average molecular weight is 245 g/mol. The Morgan fingerprint density at radius 3 is 2.82 bits per heavy atom. The first-order chi connectivity index (χ1) is 8.40. The van der Waals surface area contributed by atoms with E-state index in [-0.39, 0.29) is 0 Å². The molecule has 2 aromatic heterocycles. The van der Waals surface area contributed by atoms with Crippen molar-refractivity contribution < 1.29 is 0 Å². The molecular formula is C15H19NS. The fraction of sp³-hybridized carbons (Fsp3) is 0.400. The fourth-order valence-corrected chi connectivity index (χ4v) is 2.57. The summed E-state index contributed by atoms with van der Waals surface area (Å²) in [7, 11) is 0. The lowest BCUT2D eigenvalue weighted by molar-refractivity contribution is 0.661. The quantitative estimate of drug-likeness (QED) is 0.657. The Kier molecular flexibility index (Phi) is 4.75. The molecule has 2 heterocycles. The topological polar surface area (TPSA) is 12.9 Å². The zero-order chi connectivity index (χ0) is 11.9. The lowest BCUT2D eigenvalue weighted by Gasteiger charge is -2.03. The molecule has 0 aromatic carbocycles. The van der Waals surface area contributed by atoms with Gasteiger partial charge in [-0.1, -0.05) is 32.3 Å². The largest absolute Gasteiger partial charge is 0.253 e. The summed E-state index contributed by atoms with van der Waals surface area (Å²) in [6.07, 6.45) is 6.32. The molecule has 2 heteroatoms. The van der Waals surface area contributed by atoms with Crippen LogP contribution in [0.25, 0.3) is 11.3 Å². The average Bonchev–Trinajstić information content (AvgIpc) is 2.89. The molecule has 0 spiro atoms. The summed E-state index contributed by atoms with van der Waals surface area (Å²) in [5.74, 6) is 0. The van der Waals surface area contributed by atoms with E-state index >= 15 is 0 Å². The molecule has 2 rings (SSSR count). The summed E-state index contributed by atoms with van der Waals surface area (Å²) in [5, 5.41) is 4.26. The highest BCUT2D eigenvalue weighted by Gasteiger charge is 2.01. The number of aryl methyl sites for hydroxylation is 1. The van der Waals surface area contributed by atoms with Crippen molar-refractivity contribution >= 4 is 11.3 Å². The van der Waals surface area contributed by atoms with Gasteiger partial charge >= 0.3 is 0 Å². The van der Waals surface area contributed by atoms with Gasteiger partial charge in [-0.2, -0.15) is 11.3 Å². The van der Waals surface area contributed by atoms with Crippen LogP contribution in [0.2, 0.25) is 0 Å². The number of hydrogen-bond donors (Lipinski definition) is 0. The highest BCUT2D eigenvalue weighted by atomic mass is 32.1. The lowest BCUT2D eigenvalue weighted by Crippen LogP contribution is -1.92. The van der Waals surface area contributed by atoms with Crippen molar-refractivity contribution in [3.63, 3.8) is 0 Å². The maximum Gasteiger partial charge on any atom is 0.0713 e. The summed E-state index contributed by atoms with van der Waals surface area (Å²) in [4.78, 5) is 4.72. The van der Waals surface area contributed by atoms with Crippen LogP contribution in [0.5, 0.6) is 0 Å². The van der Waals surface area contributed by atoms with Crippen LogP contribution < -0.4 is 0 Å². The summed E-state index contributed by atoms with van der Waals surface area (Å²) in [5.41, 5.74) is 3.58. The van der Waals surface area contributed by atoms with Crippen molar-refractivity contribution in [2.45, 2.75) is 39.0 Å². The van der Waals surface area contributed by atoms with Gasteiger partial charge in [0.2, 0.25) is 0 Å². The SMILES string of the molecule is CCCCCCc1cccc(-c2ccsc2)n1. The van der Waals surface area contributed by atoms with E-state index in [9.17, 15) is 0 Å². The highest BCUT2D eigenvalue weighted by Crippen LogP contribution is 2.20. The minimum atomic E-state index is 1.11. The van der Waals surface area contributed by atoms with E-state index in [1.165, 1.54) is 36.9 Å². The van der Waals surface area contributed by atoms with Crippen molar-refractivity contribution in [2.24, 2.45) is 0 Å². The summed E-state index contributed by atoms with van der Waals surface area (Å²) >= 11 is 1.72. The molecule has 0 radical (unpaired) electrons. The van der Waals surface area contributed by atoms with Crippen LogP contribution >= 0.6 is 11.3 Å². The third kappa shape index (κ3) is 3.67. The molecule has 0 saturated carbocycles. The predicted octanol–water partition coefficient (Wildman–Crippen LogP) is 4.93. The van der Waals surface area contributed by atoms with E-state index in [4.69, 9.17) is 4.98 Å². The highest BCUT2D eigenvalue weighted by molar-refractivity contribution is 7.08. The van der Waals surface area contributed by atoms with E-state index in [0.29, 0.717) is 0 Å². The number of unbranched alkanes of at least 4 members (excludes halogenated alkanes) is 3. The molecule has 0 atom stereocenters. The Hall–Kier alpha value is -1.15. The van der Waals surface area contributed by atoms with Gasteiger partial charge in [-0.25, -0.2) is 0 Å². The van der Waals surface area contributed by atoms with Crippen LogP contribution in [-0.2, 0) is 6.42 Å². The van der Waals surface area contributed by atoms with E-state index < -0.39 is 0 Å². The minimum Gasteiger partial charge on any atom is -0.253 e. The molecule has 17 heavy (non-hydrogen) atoms. The Bertz CT molecular complexity index is 434. The summed E-state index contributed by atoms with van der Waals surface area (Å²) < 4.78 is 0. The minimum absolute atomic E-state index is 1.11. The first-order valence-electron chi connectivity index (χ1n) is 6.38. The third-order valence-electron chi connectivity index (χ3n) is 2.91. The number of thiophene rings is 1. The molecule has 1 nitrogen and oxygen atoms in total. The molecule has 0 saturated heterocycles. The Balaban J connectivity index is 1.97. The molecule has 0 bridgehead atoms. The van der Waals surface area contributed by atoms with Crippen LogP contribution in [0.4, 0.5) is 0 Å². The van der Waals surface area contributed by atoms with Crippen molar-refractivity contribution in [3.05, 3.63) is 40.7 Å². The maximum atomic E-state index is 4.72. The molecule has 0 amide bonds. The molecule has 0 aliphatic carbocycles. The second-order valence-corrected chi connectivity index (χ2v) is 5.12. The Morgan fingerprint density at radius 1 is 1.12 bits per heavy atom. The smallest absolute Gasteiger partial charge is 0.0713 e. The molecule has 0 unspecified atom stereocenters. The zero-order valence-corrected chi connectivity index (χ0v) is 11.2. The maximum absolute atomic E-state index is 4.72. The molecular weight excluding hydrogens is 226 g/mol. The van der Waals surface area contributed by atoms with Gasteiger partial charge in [-0.3, -0.25) is 4.98 Å². The van der Waals surface area contributed by atoms with Crippen molar-refractivity contribution in [1.29, 1.82) is 0 Å². The summed E-state index contributed by atoms with van der Waals surface area (Å²) in [6, 6.07) is 8.49. The van der Waals surface area contributed by atoms with E-state index in [0.717, 1.165) is 12.1 Å². The Morgan fingerprint density at radius 2 is 2.06 bits per heavy atom. The van der Waals surface area contributed by atoms with Crippen LogP contribution in [-0.4, -0.2) is 4.98 Å². The molecule has 90 valence electrons. The van der Waals surface area contributed by atoms with Gasteiger partial charge < -0.3 is 0 Å². The number of pyridine rings is 1. The van der Waals surface area contributed by atoms with E-state index in [1.54, 1.807) is 11.3 Å². The van der Waals surface area contributed by atoms with Crippen LogP contribution in [0, 0.1) is 0 Å². The number of rotatable bonds is 6. The molecule has 0 aliphatic rings. The number of aromatic nitrogens is 1. The van der Waals surface area contributed by atoms with Gasteiger partial charge in [0.1, 0.15) is 0 Å². The second kappa shape index (κ2) is 6.55. The standard InChI is InChI=1S/C15H19NS/c1-2-3-4-5-7-14-8-6-9-15(16-14)13-10-11-17-12-13/h6,8-12H,2-5,7H2,1H3. The van der Waals surface area contributed by atoms with Crippen LogP contribution in [0.1, 0.15) is 38.3 Å². The van der Waals surface area contributed by atoms with Gasteiger partial charge in [0.15, 0.2) is 0 Å². The van der Waals surface area contributed by atoms with Crippen molar-refractivity contribution in [1.82, 2.24) is 4.98 Å². The third-order valence-corrected chi connectivity index (χ3v) is 3.59. The summed E-state index contributed by atoms with van der Waals surface area (Å²) in [6.45, 7) is 2.25. The second-order valence-electron chi connectivity index (χ2n) is 4.34. The molecule has 2 aromatic rings. The van der Waals surface area contributed by atoms with Gasteiger partial charge in [0.05, 0.1) is 5.69 Å². The van der Waals surface area contributed by atoms with Gasteiger partial charge in [0, 0.05) is 16.6 Å². The van der Waals surface area contributed by atoms with E-state index in [1.807, 2.05) is 0 Å². The molecule has 0 aliphatic heterocycles. The first-order valence-corrected chi connectivity index (χ1v) is 7.33. The predicted molar refractivity (Wildman–Crippen MR) is 75.4 cm³/mol. The number of nitrogens with zero attached hydrogens (tertiary/aromatic N) is 1. The van der Waals surface area contributed by atoms with E-state index in [2.05, 4.69) is 41.9 Å². The van der Waals surface area contributed by atoms with Gasteiger partial charge in [0.25, 0.3) is 0 Å². The van der Waals surface area contributed by atoms with Crippen molar-refractivity contribution in [2.75, 3.05) is 0 Å².